The minimum Gasteiger partial charge on any atom is -0.328 e. The molecule has 1 saturated heterocycles. The molecule has 1 aliphatic heterocycles. The standard InChI is InChI=1S/C21H24ClN3/c1-18(15-19-5-3-2-4-6-19)16-23-25-13-11-24(12-14-25)17-20-7-9-21(22)10-8-20/h2-10,15-16H,11-14,17H2,1H3/p+1/b18-15+,23-16-. The molecule has 0 bridgehead atoms. The summed E-state index contributed by atoms with van der Waals surface area (Å²) in [5, 5.41) is 7.62. The minimum atomic E-state index is 0.803. The van der Waals surface area contributed by atoms with Gasteiger partial charge in [0.1, 0.15) is 6.54 Å². The first kappa shape index (κ1) is 17.7. The maximum Gasteiger partial charge on any atom is 0.103 e. The Labute approximate surface area is 155 Å². The number of rotatable bonds is 5. The van der Waals surface area contributed by atoms with Gasteiger partial charge in [-0.05, 0) is 30.2 Å². The van der Waals surface area contributed by atoms with Crippen molar-refractivity contribution in [3.8, 4) is 0 Å². The second-order valence-electron chi connectivity index (χ2n) is 6.55. The molecule has 2 aromatic carbocycles. The van der Waals surface area contributed by atoms with E-state index in [-0.39, 0.29) is 0 Å². The van der Waals surface area contributed by atoms with Crippen LogP contribution in [0.15, 0.2) is 65.3 Å². The molecule has 1 aliphatic rings. The van der Waals surface area contributed by atoms with Crippen LogP contribution >= 0.6 is 11.6 Å². The molecule has 3 rings (SSSR count). The zero-order valence-corrected chi connectivity index (χ0v) is 15.4. The number of quaternary nitrogens is 1. The highest BCUT2D eigenvalue weighted by molar-refractivity contribution is 6.30. The summed E-state index contributed by atoms with van der Waals surface area (Å²) in [6.45, 7) is 7.37. The van der Waals surface area contributed by atoms with E-state index in [9.17, 15) is 0 Å². The smallest absolute Gasteiger partial charge is 0.103 e. The first-order chi connectivity index (χ1) is 12.2. The Balaban J connectivity index is 1.47. The average Bonchev–Trinajstić information content (AvgIpc) is 2.64. The Morgan fingerprint density at radius 1 is 1.08 bits per heavy atom. The van der Waals surface area contributed by atoms with Gasteiger partial charge in [0.25, 0.3) is 0 Å². The monoisotopic (exact) mass is 354 g/mol. The van der Waals surface area contributed by atoms with E-state index in [0.29, 0.717) is 0 Å². The van der Waals surface area contributed by atoms with Crippen molar-refractivity contribution in [1.82, 2.24) is 5.01 Å². The third-order valence-electron chi connectivity index (χ3n) is 4.43. The highest BCUT2D eigenvalue weighted by atomic mass is 35.5. The molecule has 0 radical (unpaired) electrons. The predicted octanol–water partition coefficient (Wildman–Crippen LogP) is 3.13. The summed E-state index contributed by atoms with van der Waals surface area (Å²) < 4.78 is 0. The molecule has 1 fully saturated rings. The summed E-state index contributed by atoms with van der Waals surface area (Å²) in [6.07, 6.45) is 4.13. The van der Waals surface area contributed by atoms with E-state index in [1.807, 2.05) is 24.4 Å². The third kappa shape index (κ3) is 5.73. The van der Waals surface area contributed by atoms with Gasteiger partial charge in [0, 0.05) is 16.8 Å². The lowest BCUT2D eigenvalue weighted by molar-refractivity contribution is -0.918. The highest BCUT2D eigenvalue weighted by Crippen LogP contribution is 2.09. The number of piperazine rings is 1. The van der Waals surface area contributed by atoms with Crippen molar-refractivity contribution < 1.29 is 4.90 Å². The molecule has 0 atom stereocenters. The first-order valence-corrected chi connectivity index (χ1v) is 9.17. The van der Waals surface area contributed by atoms with E-state index in [2.05, 4.69) is 59.5 Å². The van der Waals surface area contributed by atoms with Crippen LogP contribution in [0.1, 0.15) is 18.1 Å². The van der Waals surface area contributed by atoms with Crippen LogP contribution < -0.4 is 4.90 Å². The van der Waals surface area contributed by atoms with E-state index < -0.39 is 0 Å². The quantitative estimate of drug-likeness (QED) is 0.818. The first-order valence-electron chi connectivity index (χ1n) is 8.79. The lowest BCUT2D eigenvalue weighted by Crippen LogP contribution is -3.13. The lowest BCUT2D eigenvalue weighted by atomic mass is 10.1. The topological polar surface area (TPSA) is 20.0 Å². The predicted molar refractivity (Wildman–Crippen MR) is 106 cm³/mol. The van der Waals surface area contributed by atoms with Gasteiger partial charge in [-0.25, -0.2) is 0 Å². The number of halogens is 1. The second kappa shape index (κ2) is 8.84. The Bertz CT molecular complexity index is 715. The highest BCUT2D eigenvalue weighted by Gasteiger charge is 2.18. The Morgan fingerprint density at radius 3 is 2.44 bits per heavy atom. The maximum absolute atomic E-state index is 5.95. The molecule has 0 spiro atoms. The number of hydrazone groups is 1. The van der Waals surface area contributed by atoms with Gasteiger partial charge in [-0.1, -0.05) is 60.1 Å². The summed E-state index contributed by atoms with van der Waals surface area (Å²) in [7, 11) is 0. The van der Waals surface area contributed by atoms with E-state index in [1.165, 1.54) is 16.7 Å². The van der Waals surface area contributed by atoms with Gasteiger partial charge in [0.2, 0.25) is 0 Å². The van der Waals surface area contributed by atoms with Crippen molar-refractivity contribution in [1.29, 1.82) is 0 Å². The fraction of sp³-hybridized carbons (Fsp3) is 0.286. The molecule has 4 heteroatoms. The molecule has 1 heterocycles. The van der Waals surface area contributed by atoms with Crippen LogP contribution in [-0.2, 0) is 6.54 Å². The van der Waals surface area contributed by atoms with Crippen LogP contribution in [0.4, 0.5) is 0 Å². The van der Waals surface area contributed by atoms with Gasteiger partial charge < -0.3 is 4.90 Å². The fourth-order valence-corrected chi connectivity index (χ4v) is 3.14. The van der Waals surface area contributed by atoms with Gasteiger partial charge in [0.05, 0.1) is 26.2 Å². The van der Waals surface area contributed by atoms with Crippen molar-refractivity contribution >= 4 is 23.9 Å². The van der Waals surface area contributed by atoms with E-state index >= 15 is 0 Å². The van der Waals surface area contributed by atoms with Crippen molar-refractivity contribution in [2.45, 2.75) is 13.5 Å². The molecule has 0 unspecified atom stereocenters. The number of allylic oxidation sites excluding steroid dienone is 1. The summed E-state index contributed by atoms with van der Waals surface area (Å²) in [6, 6.07) is 18.5. The number of hydrogen-bond acceptors (Lipinski definition) is 2. The lowest BCUT2D eigenvalue weighted by Gasteiger charge is -2.30. The Hall–Kier alpha value is -2.10. The van der Waals surface area contributed by atoms with Gasteiger partial charge >= 0.3 is 0 Å². The van der Waals surface area contributed by atoms with Gasteiger partial charge in [-0.2, -0.15) is 5.10 Å². The fourth-order valence-electron chi connectivity index (χ4n) is 3.02. The molecule has 1 N–H and O–H groups in total. The van der Waals surface area contributed by atoms with Crippen molar-refractivity contribution in [2.24, 2.45) is 5.10 Å². The molecule has 25 heavy (non-hydrogen) atoms. The summed E-state index contributed by atoms with van der Waals surface area (Å²) in [4.78, 5) is 1.60. The SMILES string of the molecule is CC(/C=N\N1CC[NH+](Cc2ccc(Cl)cc2)CC1)=C\c1ccccc1. The van der Waals surface area contributed by atoms with E-state index in [0.717, 1.165) is 37.7 Å². The van der Waals surface area contributed by atoms with Crippen molar-refractivity contribution in [2.75, 3.05) is 26.2 Å². The third-order valence-corrected chi connectivity index (χ3v) is 4.68. The molecule has 0 amide bonds. The zero-order chi connectivity index (χ0) is 17.5. The van der Waals surface area contributed by atoms with E-state index in [4.69, 9.17) is 11.6 Å². The van der Waals surface area contributed by atoms with Crippen LogP contribution in [0.5, 0.6) is 0 Å². The normalized spacial score (nSPS) is 16.6. The number of benzene rings is 2. The molecule has 0 saturated carbocycles. The average molecular weight is 355 g/mol. The van der Waals surface area contributed by atoms with Crippen molar-refractivity contribution in [3.63, 3.8) is 0 Å². The molecular formula is C21H25ClN3+. The minimum absolute atomic E-state index is 0.803. The summed E-state index contributed by atoms with van der Waals surface area (Å²) >= 11 is 5.95. The van der Waals surface area contributed by atoms with Gasteiger partial charge in [0.15, 0.2) is 0 Å². The van der Waals surface area contributed by atoms with Crippen LogP contribution in [-0.4, -0.2) is 37.4 Å². The Morgan fingerprint density at radius 2 is 1.76 bits per heavy atom. The zero-order valence-electron chi connectivity index (χ0n) is 14.7. The number of nitrogens with zero attached hydrogens (tertiary/aromatic N) is 2. The molecule has 2 aromatic rings. The summed E-state index contributed by atoms with van der Waals surface area (Å²) in [5.74, 6) is 0. The molecule has 130 valence electrons. The number of hydrogen-bond donors (Lipinski definition) is 1. The number of nitrogens with one attached hydrogen (secondary N) is 1. The van der Waals surface area contributed by atoms with Crippen LogP contribution in [0, 0.1) is 0 Å². The summed E-state index contributed by atoms with van der Waals surface area (Å²) in [5.41, 5.74) is 3.73. The van der Waals surface area contributed by atoms with E-state index in [1.54, 1.807) is 4.90 Å². The Kier molecular flexibility index (Phi) is 6.26. The van der Waals surface area contributed by atoms with Gasteiger partial charge in [-0.15, -0.1) is 0 Å². The molecule has 0 aliphatic carbocycles. The van der Waals surface area contributed by atoms with Crippen molar-refractivity contribution in [3.05, 3.63) is 76.3 Å². The molecular weight excluding hydrogens is 330 g/mol. The molecule has 0 aromatic heterocycles. The molecule has 3 nitrogen and oxygen atoms in total. The second-order valence-corrected chi connectivity index (χ2v) is 6.99. The van der Waals surface area contributed by atoms with Crippen LogP contribution in [0.3, 0.4) is 0 Å². The largest absolute Gasteiger partial charge is 0.328 e. The van der Waals surface area contributed by atoms with Gasteiger partial charge in [-0.3, -0.25) is 5.01 Å². The van der Waals surface area contributed by atoms with Crippen LogP contribution in [0.25, 0.3) is 6.08 Å². The van der Waals surface area contributed by atoms with Crippen LogP contribution in [0.2, 0.25) is 5.02 Å². The maximum atomic E-state index is 5.95.